The van der Waals surface area contributed by atoms with Crippen molar-refractivity contribution in [1.82, 2.24) is 20.0 Å². The van der Waals surface area contributed by atoms with Crippen LogP contribution in [0.25, 0.3) is 11.5 Å². The SMILES string of the molecule is C[C@H](Oc1cc(N2CC[C@@H](O)C2)nc(-c2noc3c2CCC[C@@]32CCCCC2=O)n1)[C@@H]1CCCN1C. The quantitative estimate of drug-likeness (QED) is 0.669. The summed E-state index contributed by atoms with van der Waals surface area (Å²) >= 11 is 0. The van der Waals surface area contributed by atoms with E-state index in [1.165, 1.54) is 6.42 Å². The highest BCUT2D eigenvalue weighted by atomic mass is 16.5. The summed E-state index contributed by atoms with van der Waals surface area (Å²) in [5.41, 5.74) is 1.07. The van der Waals surface area contributed by atoms with Crippen molar-refractivity contribution in [2.45, 2.75) is 94.8 Å². The number of rotatable bonds is 5. The van der Waals surface area contributed by atoms with Crippen LogP contribution < -0.4 is 9.64 Å². The van der Waals surface area contributed by atoms with Crippen LogP contribution in [0, 0.1) is 0 Å². The minimum atomic E-state index is -0.533. The molecule has 36 heavy (non-hydrogen) atoms. The van der Waals surface area contributed by atoms with Crippen molar-refractivity contribution in [1.29, 1.82) is 0 Å². The number of ketones is 1. The highest BCUT2D eigenvalue weighted by molar-refractivity contribution is 5.91. The smallest absolute Gasteiger partial charge is 0.219 e. The molecule has 194 valence electrons. The Labute approximate surface area is 212 Å². The van der Waals surface area contributed by atoms with Crippen LogP contribution in [0.3, 0.4) is 0 Å². The number of hydrogen-bond acceptors (Lipinski definition) is 9. The summed E-state index contributed by atoms with van der Waals surface area (Å²) in [5.74, 6) is 2.75. The number of hydrogen-bond donors (Lipinski definition) is 1. The van der Waals surface area contributed by atoms with E-state index in [-0.39, 0.29) is 18.0 Å². The molecule has 4 heterocycles. The third-order valence-corrected chi connectivity index (χ3v) is 8.86. The van der Waals surface area contributed by atoms with Crippen molar-refractivity contribution in [3.8, 4) is 17.4 Å². The Hall–Kier alpha value is -2.52. The topological polar surface area (TPSA) is 105 Å². The Morgan fingerprint density at radius 1 is 1.14 bits per heavy atom. The van der Waals surface area contributed by atoms with Gasteiger partial charge < -0.3 is 19.3 Å². The molecule has 3 fully saturated rings. The maximum atomic E-state index is 13.1. The number of β-amino-alcohol motifs (C(OH)–C–C–N with tert-alkyl or cyclic N) is 1. The van der Waals surface area contributed by atoms with Crippen LogP contribution in [-0.4, -0.2) is 75.8 Å². The number of carbonyl (C=O) groups is 1. The lowest BCUT2D eigenvalue weighted by Crippen LogP contribution is -2.41. The van der Waals surface area contributed by atoms with Gasteiger partial charge in [0.05, 0.1) is 11.5 Å². The summed E-state index contributed by atoms with van der Waals surface area (Å²) in [6, 6.07) is 2.23. The van der Waals surface area contributed by atoms with E-state index in [4.69, 9.17) is 19.2 Å². The first-order valence-electron chi connectivity index (χ1n) is 13.7. The number of carbonyl (C=O) groups excluding carboxylic acids is 1. The molecule has 1 saturated carbocycles. The molecule has 4 aliphatic rings. The van der Waals surface area contributed by atoms with Crippen LogP contribution >= 0.6 is 0 Å². The molecule has 6 rings (SSSR count). The van der Waals surface area contributed by atoms with Crippen LogP contribution in [0.2, 0.25) is 0 Å². The number of likely N-dealkylation sites (N-methyl/N-ethyl adjacent to an activating group) is 1. The number of likely N-dealkylation sites (tertiary alicyclic amines) is 1. The zero-order valence-electron chi connectivity index (χ0n) is 21.4. The van der Waals surface area contributed by atoms with Gasteiger partial charge in [-0.2, -0.15) is 4.98 Å². The molecule has 9 heteroatoms. The maximum Gasteiger partial charge on any atom is 0.219 e. The molecule has 1 N–H and O–H groups in total. The lowest BCUT2D eigenvalue weighted by Gasteiger charge is -2.36. The van der Waals surface area contributed by atoms with Crippen molar-refractivity contribution in [3.05, 3.63) is 17.4 Å². The summed E-state index contributed by atoms with van der Waals surface area (Å²) in [7, 11) is 2.14. The first-order chi connectivity index (χ1) is 17.4. The number of aliphatic hydroxyl groups is 1. The van der Waals surface area contributed by atoms with Crippen molar-refractivity contribution in [3.63, 3.8) is 0 Å². The van der Waals surface area contributed by atoms with Crippen LogP contribution in [0.5, 0.6) is 5.88 Å². The summed E-state index contributed by atoms with van der Waals surface area (Å²) in [4.78, 5) is 27.2. The van der Waals surface area contributed by atoms with Gasteiger partial charge in [0.25, 0.3) is 0 Å². The fourth-order valence-corrected chi connectivity index (χ4v) is 6.86. The monoisotopic (exact) mass is 495 g/mol. The Morgan fingerprint density at radius 3 is 2.75 bits per heavy atom. The Kier molecular flexibility index (Phi) is 6.24. The Bertz CT molecular complexity index is 1140. The van der Waals surface area contributed by atoms with E-state index < -0.39 is 5.41 Å². The predicted molar refractivity (Wildman–Crippen MR) is 134 cm³/mol. The molecule has 2 aliphatic heterocycles. The zero-order chi connectivity index (χ0) is 24.9. The summed E-state index contributed by atoms with van der Waals surface area (Å²) < 4.78 is 12.4. The van der Waals surface area contributed by atoms with E-state index in [1.54, 1.807) is 0 Å². The Balaban J connectivity index is 1.38. The normalized spacial score (nSPS) is 29.6. The van der Waals surface area contributed by atoms with Gasteiger partial charge in [0, 0.05) is 37.2 Å². The molecule has 0 unspecified atom stereocenters. The number of fused-ring (bicyclic) bond motifs is 2. The van der Waals surface area contributed by atoms with E-state index in [1.807, 2.05) is 6.07 Å². The molecule has 2 aromatic heterocycles. The fourth-order valence-electron chi connectivity index (χ4n) is 6.86. The molecule has 2 saturated heterocycles. The van der Waals surface area contributed by atoms with Gasteiger partial charge in [-0.3, -0.25) is 9.69 Å². The van der Waals surface area contributed by atoms with Crippen molar-refractivity contribution in [2.24, 2.45) is 0 Å². The van der Waals surface area contributed by atoms with Crippen LogP contribution in [0.15, 0.2) is 10.6 Å². The van der Waals surface area contributed by atoms with E-state index in [9.17, 15) is 9.90 Å². The van der Waals surface area contributed by atoms with Gasteiger partial charge >= 0.3 is 0 Å². The zero-order valence-corrected chi connectivity index (χ0v) is 21.4. The van der Waals surface area contributed by atoms with Gasteiger partial charge in [-0.25, -0.2) is 4.98 Å². The molecule has 2 aromatic rings. The lowest BCUT2D eigenvalue weighted by molar-refractivity contribution is -0.128. The Morgan fingerprint density at radius 2 is 2.00 bits per heavy atom. The second kappa shape index (κ2) is 9.41. The highest BCUT2D eigenvalue weighted by Crippen LogP contribution is 2.47. The van der Waals surface area contributed by atoms with Crippen molar-refractivity contribution in [2.75, 3.05) is 31.6 Å². The molecule has 0 bridgehead atoms. The van der Waals surface area contributed by atoms with Crippen LogP contribution in [0.4, 0.5) is 5.82 Å². The number of anilines is 1. The molecule has 0 amide bonds. The van der Waals surface area contributed by atoms with Gasteiger partial charge in [0.1, 0.15) is 17.7 Å². The molecular formula is C27H37N5O4. The van der Waals surface area contributed by atoms with Gasteiger partial charge in [0.2, 0.25) is 5.88 Å². The largest absolute Gasteiger partial charge is 0.473 e. The van der Waals surface area contributed by atoms with Crippen molar-refractivity contribution < 1.29 is 19.2 Å². The standard InChI is InChI=1S/C27H37N5O4/c1-17(20-8-6-13-31(20)2)35-23-15-22(32-14-10-18(33)16-32)28-26(29-23)24-19-7-5-12-27(25(19)36-30-24)11-4-3-9-21(27)34/h15,17-18,20,33H,3-14,16H2,1-2H3/t17-,18+,20-,27+/m0/s1. The number of nitrogens with zero attached hydrogens (tertiary/aromatic N) is 5. The molecule has 4 atom stereocenters. The van der Waals surface area contributed by atoms with E-state index in [2.05, 4.69) is 28.9 Å². The second-order valence-corrected chi connectivity index (χ2v) is 11.2. The van der Waals surface area contributed by atoms with Crippen molar-refractivity contribution >= 4 is 11.6 Å². The molecule has 2 aliphatic carbocycles. The van der Waals surface area contributed by atoms with Gasteiger partial charge in [-0.15, -0.1) is 0 Å². The minimum Gasteiger partial charge on any atom is -0.473 e. The minimum absolute atomic E-state index is 0.0216. The number of Topliss-reactive ketones (excluding diaryl/α,β-unsaturated/α-hetero) is 1. The second-order valence-electron chi connectivity index (χ2n) is 11.2. The molecule has 1 spiro atoms. The summed E-state index contributed by atoms with van der Waals surface area (Å²) in [6.07, 6.45) is 8.61. The molecular weight excluding hydrogens is 458 g/mol. The number of aromatic nitrogens is 3. The van der Waals surface area contributed by atoms with E-state index in [0.717, 1.165) is 75.2 Å². The first-order valence-corrected chi connectivity index (χ1v) is 13.7. The average Bonchev–Trinajstić information content (AvgIpc) is 3.61. The van der Waals surface area contributed by atoms with Gasteiger partial charge in [-0.05, 0) is 71.9 Å². The summed E-state index contributed by atoms with van der Waals surface area (Å²) in [6.45, 7) is 4.44. The maximum absolute atomic E-state index is 13.1. The predicted octanol–water partition coefficient (Wildman–Crippen LogP) is 3.28. The number of aliphatic hydroxyl groups excluding tert-OH is 1. The van der Waals surface area contributed by atoms with Gasteiger partial charge in [0.15, 0.2) is 17.3 Å². The third-order valence-electron chi connectivity index (χ3n) is 8.86. The number of ether oxygens (including phenoxy) is 1. The van der Waals surface area contributed by atoms with Crippen LogP contribution in [-0.2, 0) is 16.6 Å². The van der Waals surface area contributed by atoms with E-state index >= 15 is 0 Å². The van der Waals surface area contributed by atoms with Crippen LogP contribution in [0.1, 0.15) is 76.0 Å². The molecule has 9 nitrogen and oxygen atoms in total. The van der Waals surface area contributed by atoms with Gasteiger partial charge in [-0.1, -0.05) is 11.6 Å². The fraction of sp³-hybridized carbons (Fsp3) is 0.704. The molecule has 0 radical (unpaired) electrons. The molecule has 0 aromatic carbocycles. The average molecular weight is 496 g/mol. The third kappa shape index (κ3) is 4.10. The first kappa shape index (κ1) is 23.9. The summed E-state index contributed by atoms with van der Waals surface area (Å²) in [5, 5.41) is 14.6. The highest BCUT2D eigenvalue weighted by Gasteiger charge is 2.48. The van der Waals surface area contributed by atoms with E-state index in [0.29, 0.717) is 42.8 Å². The lowest BCUT2D eigenvalue weighted by atomic mass is 9.64.